The second-order valence-electron chi connectivity index (χ2n) is 7.04. The average Bonchev–Trinajstić information content (AvgIpc) is 3.06. The van der Waals surface area contributed by atoms with Crippen molar-refractivity contribution in [3.8, 4) is 0 Å². The molecule has 152 valence electrons. The fraction of sp³-hybridized carbons (Fsp3) is 0.381. The summed E-state index contributed by atoms with van der Waals surface area (Å²) in [5.74, 6) is 0.791. The number of ether oxygens (including phenoxy) is 1. The van der Waals surface area contributed by atoms with Gasteiger partial charge in [0.05, 0.1) is 12.0 Å². The molecule has 1 aliphatic rings. The van der Waals surface area contributed by atoms with Crippen molar-refractivity contribution in [2.24, 2.45) is 0 Å². The fourth-order valence-corrected chi connectivity index (χ4v) is 3.97. The lowest BCUT2D eigenvalue weighted by Gasteiger charge is -2.37. The van der Waals surface area contributed by atoms with Gasteiger partial charge in [0.15, 0.2) is 0 Å². The van der Waals surface area contributed by atoms with Gasteiger partial charge in [-0.3, -0.25) is 0 Å². The standard InChI is InChI=1S/C21H23ClN4O3/c1-4-28-21(27)17-14(3)29-20-18(17)19(23-12-24-20)26-9-7-25(8-10-26)16-11-15(22)6-5-13(16)2/h5-6,11-12H,4,7-10H2,1-3H3. The van der Waals surface area contributed by atoms with Gasteiger partial charge in [-0.2, -0.15) is 0 Å². The minimum absolute atomic E-state index is 0.297. The van der Waals surface area contributed by atoms with Crippen LogP contribution in [0.3, 0.4) is 0 Å². The SMILES string of the molecule is CCOC(=O)c1c(C)oc2ncnc(N3CCN(c4cc(Cl)ccc4C)CC3)c12. The van der Waals surface area contributed by atoms with Crippen LogP contribution in [-0.4, -0.2) is 48.7 Å². The monoisotopic (exact) mass is 414 g/mol. The highest BCUT2D eigenvalue weighted by Gasteiger charge is 2.28. The molecule has 0 aliphatic carbocycles. The van der Waals surface area contributed by atoms with Gasteiger partial charge < -0.3 is 19.0 Å². The highest BCUT2D eigenvalue weighted by Crippen LogP contribution is 2.33. The second kappa shape index (κ2) is 7.91. The Kier molecular flexibility index (Phi) is 5.32. The van der Waals surface area contributed by atoms with E-state index in [1.165, 1.54) is 11.9 Å². The Labute approximate surface area is 174 Å². The van der Waals surface area contributed by atoms with Gasteiger partial charge in [0.1, 0.15) is 23.5 Å². The van der Waals surface area contributed by atoms with E-state index in [1.54, 1.807) is 13.8 Å². The summed E-state index contributed by atoms with van der Waals surface area (Å²) in [4.78, 5) is 25.7. The number of nitrogens with zero attached hydrogens (tertiary/aromatic N) is 4. The smallest absolute Gasteiger partial charge is 0.342 e. The number of piperazine rings is 1. The van der Waals surface area contributed by atoms with Gasteiger partial charge in [0.25, 0.3) is 0 Å². The highest BCUT2D eigenvalue weighted by atomic mass is 35.5. The van der Waals surface area contributed by atoms with Crippen molar-refractivity contribution >= 4 is 40.2 Å². The Morgan fingerprint density at radius 3 is 2.62 bits per heavy atom. The molecular formula is C21H23ClN4O3. The Bertz CT molecular complexity index is 1060. The summed E-state index contributed by atoms with van der Waals surface area (Å²) in [5.41, 5.74) is 3.16. The van der Waals surface area contributed by atoms with E-state index < -0.39 is 5.97 Å². The van der Waals surface area contributed by atoms with Gasteiger partial charge in [0, 0.05) is 36.9 Å². The molecular weight excluding hydrogens is 392 g/mol. The third-order valence-corrected chi connectivity index (χ3v) is 5.45. The zero-order valence-electron chi connectivity index (χ0n) is 16.7. The first kappa shape index (κ1) is 19.5. The van der Waals surface area contributed by atoms with E-state index in [1.807, 2.05) is 18.2 Å². The summed E-state index contributed by atoms with van der Waals surface area (Å²) in [6, 6.07) is 5.96. The third kappa shape index (κ3) is 3.62. The van der Waals surface area contributed by atoms with E-state index in [0.29, 0.717) is 34.8 Å². The molecule has 7 nitrogen and oxygen atoms in total. The Balaban J connectivity index is 1.63. The molecule has 0 unspecified atom stereocenters. The number of esters is 1. The molecule has 3 heterocycles. The van der Waals surface area contributed by atoms with Crippen LogP contribution in [0.1, 0.15) is 28.6 Å². The number of anilines is 2. The summed E-state index contributed by atoms with van der Waals surface area (Å²) in [6.07, 6.45) is 1.48. The number of aryl methyl sites for hydroxylation is 2. The van der Waals surface area contributed by atoms with E-state index in [2.05, 4.69) is 26.7 Å². The lowest BCUT2D eigenvalue weighted by atomic mass is 10.1. The number of carbonyl (C=O) groups is 1. The predicted molar refractivity (Wildman–Crippen MR) is 113 cm³/mol. The first-order chi connectivity index (χ1) is 14.0. The van der Waals surface area contributed by atoms with Crippen LogP contribution in [-0.2, 0) is 4.74 Å². The molecule has 8 heteroatoms. The van der Waals surface area contributed by atoms with Crippen molar-refractivity contribution in [3.05, 3.63) is 46.4 Å². The molecule has 0 N–H and O–H groups in total. The number of halogens is 1. The van der Waals surface area contributed by atoms with Crippen LogP contribution in [0.5, 0.6) is 0 Å². The molecule has 1 aliphatic heterocycles. The molecule has 4 rings (SSSR count). The second-order valence-corrected chi connectivity index (χ2v) is 7.47. The normalized spacial score (nSPS) is 14.5. The maximum absolute atomic E-state index is 12.5. The van der Waals surface area contributed by atoms with Crippen molar-refractivity contribution in [1.82, 2.24) is 9.97 Å². The molecule has 0 amide bonds. The molecule has 3 aromatic rings. The fourth-order valence-electron chi connectivity index (χ4n) is 3.80. The first-order valence-corrected chi connectivity index (χ1v) is 10.0. The molecule has 0 atom stereocenters. The van der Waals surface area contributed by atoms with Gasteiger partial charge >= 0.3 is 5.97 Å². The number of rotatable bonds is 4. The van der Waals surface area contributed by atoms with Crippen LogP contribution in [0, 0.1) is 13.8 Å². The zero-order chi connectivity index (χ0) is 20.5. The van der Waals surface area contributed by atoms with Crippen molar-refractivity contribution in [1.29, 1.82) is 0 Å². The minimum atomic E-state index is -0.409. The number of furan rings is 1. The molecule has 1 aromatic carbocycles. The van der Waals surface area contributed by atoms with Crippen molar-refractivity contribution < 1.29 is 13.9 Å². The van der Waals surface area contributed by atoms with Gasteiger partial charge in [-0.25, -0.2) is 14.8 Å². The third-order valence-electron chi connectivity index (χ3n) is 5.21. The van der Waals surface area contributed by atoms with Crippen LogP contribution in [0.4, 0.5) is 11.5 Å². The quantitative estimate of drug-likeness (QED) is 0.597. The number of aromatic nitrogens is 2. The van der Waals surface area contributed by atoms with Gasteiger partial charge in [-0.05, 0) is 38.5 Å². The number of benzene rings is 1. The maximum Gasteiger partial charge on any atom is 0.342 e. The summed E-state index contributed by atoms with van der Waals surface area (Å²) in [6.45, 7) is 9.06. The molecule has 2 aromatic heterocycles. The van der Waals surface area contributed by atoms with Crippen LogP contribution in [0.2, 0.25) is 5.02 Å². The van der Waals surface area contributed by atoms with E-state index in [0.717, 1.165) is 36.9 Å². The molecule has 1 fully saturated rings. The van der Waals surface area contributed by atoms with E-state index >= 15 is 0 Å². The maximum atomic E-state index is 12.5. The van der Waals surface area contributed by atoms with E-state index in [4.69, 9.17) is 20.8 Å². The van der Waals surface area contributed by atoms with Crippen LogP contribution in [0.25, 0.3) is 11.1 Å². The molecule has 0 spiro atoms. The largest absolute Gasteiger partial charge is 0.462 e. The molecule has 0 saturated carbocycles. The first-order valence-electron chi connectivity index (χ1n) is 9.67. The Hall–Kier alpha value is -2.80. The van der Waals surface area contributed by atoms with Crippen molar-refractivity contribution in [3.63, 3.8) is 0 Å². The summed E-state index contributed by atoms with van der Waals surface area (Å²) >= 11 is 6.19. The molecule has 29 heavy (non-hydrogen) atoms. The highest BCUT2D eigenvalue weighted by molar-refractivity contribution is 6.30. The summed E-state index contributed by atoms with van der Waals surface area (Å²) < 4.78 is 10.9. The van der Waals surface area contributed by atoms with Crippen LogP contribution >= 0.6 is 11.6 Å². The lowest BCUT2D eigenvalue weighted by molar-refractivity contribution is 0.0526. The topological polar surface area (TPSA) is 71.7 Å². The minimum Gasteiger partial charge on any atom is -0.462 e. The van der Waals surface area contributed by atoms with Crippen LogP contribution in [0.15, 0.2) is 28.9 Å². The van der Waals surface area contributed by atoms with Crippen molar-refractivity contribution in [2.45, 2.75) is 20.8 Å². The number of hydrogen-bond acceptors (Lipinski definition) is 7. The number of fused-ring (bicyclic) bond motifs is 1. The van der Waals surface area contributed by atoms with Gasteiger partial charge in [-0.1, -0.05) is 17.7 Å². The summed E-state index contributed by atoms with van der Waals surface area (Å²) in [5, 5.41) is 1.36. The molecule has 1 saturated heterocycles. The molecule has 0 bridgehead atoms. The Morgan fingerprint density at radius 1 is 1.17 bits per heavy atom. The summed E-state index contributed by atoms with van der Waals surface area (Å²) in [7, 11) is 0. The number of hydrogen-bond donors (Lipinski definition) is 0. The van der Waals surface area contributed by atoms with Gasteiger partial charge in [-0.15, -0.1) is 0 Å². The van der Waals surface area contributed by atoms with Gasteiger partial charge in [0.2, 0.25) is 5.71 Å². The predicted octanol–water partition coefficient (Wildman–Crippen LogP) is 4.00. The Morgan fingerprint density at radius 2 is 1.90 bits per heavy atom. The van der Waals surface area contributed by atoms with Crippen LogP contribution < -0.4 is 9.80 Å². The number of carbonyl (C=O) groups excluding carboxylic acids is 1. The van der Waals surface area contributed by atoms with Crippen molar-refractivity contribution in [2.75, 3.05) is 42.6 Å². The van der Waals surface area contributed by atoms with E-state index in [9.17, 15) is 4.79 Å². The average molecular weight is 415 g/mol. The zero-order valence-corrected chi connectivity index (χ0v) is 17.5. The lowest BCUT2D eigenvalue weighted by Crippen LogP contribution is -2.47. The van der Waals surface area contributed by atoms with E-state index in [-0.39, 0.29) is 0 Å². The molecule has 0 radical (unpaired) electrons.